The van der Waals surface area contributed by atoms with Crippen molar-refractivity contribution in [3.05, 3.63) is 0 Å². The van der Waals surface area contributed by atoms with E-state index in [0.29, 0.717) is 0 Å². The number of carboxylic acids is 3. The number of hydrogen-bond acceptors (Lipinski definition) is 7. The van der Waals surface area contributed by atoms with Gasteiger partial charge in [-0.1, -0.05) is 0 Å². The summed E-state index contributed by atoms with van der Waals surface area (Å²) in [5.74, 6) is -5.98. The first kappa shape index (κ1) is 37.0. The van der Waals surface area contributed by atoms with E-state index in [9.17, 15) is 29.7 Å². The molecule has 0 fully saturated rings. The third kappa shape index (κ3) is 16.4. The van der Waals surface area contributed by atoms with E-state index in [2.05, 4.69) is 0 Å². The zero-order valence-corrected chi connectivity index (χ0v) is 18.8. The topological polar surface area (TPSA) is 172 Å². The van der Waals surface area contributed by atoms with Crippen LogP contribution in [0.5, 0.6) is 0 Å². The maximum Gasteiger partial charge on any atom is 1.00 e. The molecule has 0 amide bonds. The van der Waals surface area contributed by atoms with Crippen LogP contribution in [0.1, 0.15) is 12.8 Å². The molecule has 0 atom stereocenters. The molecule has 3 N–H and O–H groups in total. The van der Waals surface area contributed by atoms with Crippen molar-refractivity contribution in [2.24, 2.45) is 0 Å². The van der Waals surface area contributed by atoms with Gasteiger partial charge in [-0.15, -0.1) is 0 Å². The number of rotatable bonds is 5. The minimum atomic E-state index is -2.97. The fraction of sp³-hybridized carbons (Fsp3) is 0.500. The molecule has 0 aliphatic heterocycles. The van der Waals surface area contributed by atoms with Gasteiger partial charge in [0.15, 0.2) is 0 Å². The van der Waals surface area contributed by atoms with Crippen molar-refractivity contribution in [3.8, 4) is 0 Å². The van der Waals surface area contributed by atoms with Crippen molar-refractivity contribution < 1.29 is 159 Å². The molecule has 0 aromatic carbocycles. The van der Waals surface area contributed by atoms with E-state index < -0.39 is 36.4 Å². The van der Waals surface area contributed by atoms with Crippen molar-refractivity contribution in [2.75, 3.05) is 0 Å². The predicted molar refractivity (Wildman–Crippen MR) is 32.8 cm³/mol. The Bertz CT molecular complexity index is 242. The van der Waals surface area contributed by atoms with Gasteiger partial charge in [0.25, 0.3) is 0 Å². The maximum absolute atomic E-state index is 10.1. The van der Waals surface area contributed by atoms with Gasteiger partial charge in [-0.05, 0) is 0 Å². The van der Waals surface area contributed by atoms with Crippen LogP contribution in [-0.4, -0.2) is 34.1 Å². The fourth-order valence-corrected chi connectivity index (χ4v) is 0.684. The minimum Gasteiger partial charge on any atom is -0.550 e. The first-order valence-electron chi connectivity index (χ1n) is 3.11. The SMILES string of the molecule is O.O=C([O-])CC(O)(CC(=O)[O-])C(=O)[O-].[Na+].[Na+].[Na+].[Na+]. The molecule has 0 rings (SSSR count). The Hall–Kier alpha value is 2.33. The summed E-state index contributed by atoms with van der Waals surface area (Å²) >= 11 is 0. The second kappa shape index (κ2) is 17.4. The molecule has 0 aromatic heterocycles. The number of carbonyl (C=O) groups is 3. The van der Waals surface area contributed by atoms with Crippen molar-refractivity contribution in [2.45, 2.75) is 18.4 Å². The van der Waals surface area contributed by atoms with Crippen LogP contribution in [0.4, 0.5) is 0 Å². The standard InChI is InChI=1S/C6H8O7.4Na.H2O/c7-3(8)1-6(13,5(11)12)2-4(9)10;;;;;/h13H,1-2H2,(H,7,8)(H,9,10)(H,11,12);;;;;1H2/q;4*+1;/p-3. The second-order valence-electron chi connectivity index (χ2n) is 2.42. The molecule has 0 saturated heterocycles. The second-order valence-corrected chi connectivity index (χ2v) is 2.42. The van der Waals surface area contributed by atoms with Crippen LogP contribution in [-0.2, 0) is 14.4 Å². The van der Waals surface area contributed by atoms with Crippen LogP contribution in [0, 0.1) is 0 Å². The van der Waals surface area contributed by atoms with E-state index in [0.717, 1.165) is 0 Å². The first-order chi connectivity index (χ1) is 5.78. The van der Waals surface area contributed by atoms with E-state index in [1.54, 1.807) is 0 Å². The summed E-state index contributed by atoms with van der Waals surface area (Å²) in [7, 11) is 0. The molecule has 0 radical (unpaired) electrons. The molecule has 0 spiro atoms. The molecule has 0 aliphatic carbocycles. The van der Waals surface area contributed by atoms with Gasteiger partial charge in [0.1, 0.15) is 5.60 Å². The first-order valence-corrected chi connectivity index (χ1v) is 3.11. The summed E-state index contributed by atoms with van der Waals surface area (Å²) in [4.78, 5) is 30.0. The van der Waals surface area contributed by atoms with Crippen LogP contribution in [0.3, 0.4) is 0 Å². The largest absolute Gasteiger partial charge is 1.00 e. The molecule has 0 heterocycles. The molecule has 82 valence electrons. The van der Waals surface area contributed by atoms with Crippen LogP contribution in [0.25, 0.3) is 0 Å². The molecule has 0 saturated carbocycles. The van der Waals surface area contributed by atoms with E-state index in [1.165, 1.54) is 0 Å². The number of aliphatic hydroxyl groups is 1. The van der Waals surface area contributed by atoms with Crippen molar-refractivity contribution in [3.63, 3.8) is 0 Å². The van der Waals surface area contributed by atoms with Gasteiger partial charge >= 0.3 is 118 Å². The Labute approximate surface area is 191 Å². The van der Waals surface area contributed by atoms with Gasteiger partial charge in [-0.3, -0.25) is 0 Å². The van der Waals surface area contributed by atoms with Crippen LogP contribution in [0.15, 0.2) is 0 Å². The van der Waals surface area contributed by atoms with Crippen molar-refractivity contribution >= 4 is 17.9 Å². The summed E-state index contributed by atoms with van der Waals surface area (Å²) in [5.41, 5.74) is -2.97. The van der Waals surface area contributed by atoms with E-state index in [-0.39, 0.29) is 124 Å². The summed E-state index contributed by atoms with van der Waals surface area (Å²) in [6, 6.07) is 0. The summed E-state index contributed by atoms with van der Waals surface area (Å²) in [6.07, 6.45) is -2.72. The van der Waals surface area contributed by atoms with Crippen molar-refractivity contribution in [1.82, 2.24) is 0 Å². The van der Waals surface area contributed by atoms with Gasteiger partial charge in [0.05, 0.1) is 5.97 Å². The third-order valence-corrected chi connectivity index (χ3v) is 1.25. The predicted octanol–water partition coefficient (Wildman–Crippen LogP) is -18.1. The Morgan fingerprint density at radius 2 is 1.06 bits per heavy atom. The molecule has 0 aliphatic rings. The average Bonchev–Trinajstić information content (AvgIpc) is 1.82. The summed E-state index contributed by atoms with van der Waals surface area (Å²) < 4.78 is 0. The van der Waals surface area contributed by atoms with Crippen LogP contribution >= 0.6 is 0 Å². The smallest absolute Gasteiger partial charge is 0.550 e. The van der Waals surface area contributed by atoms with Crippen molar-refractivity contribution in [1.29, 1.82) is 0 Å². The van der Waals surface area contributed by atoms with Gasteiger partial charge < -0.3 is 40.3 Å². The zero-order chi connectivity index (χ0) is 10.6. The number of carboxylic acid groups (broad SMARTS) is 3. The van der Waals surface area contributed by atoms with Gasteiger partial charge in [0.2, 0.25) is 0 Å². The van der Waals surface area contributed by atoms with Crippen LogP contribution < -0.4 is 134 Å². The Morgan fingerprint density at radius 3 is 1.17 bits per heavy atom. The van der Waals surface area contributed by atoms with E-state index >= 15 is 0 Å². The Balaban J connectivity index is -0.0000000720. The molecular weight excluding hydrogens is 292 g/mol. The Morgan fingerprint density at radius 1 is 0.833 bits per heavy atom. The summed E-state index contributed by atoms with van der Waals surface area (Å²) in [5, 5.41) is 38.9. The molecule has 0 aromatic rings. The molecule has 0 unspecified atom stereocenters. The van der Waals surface area contributed by atoms with Gasteiger partial charge in [-0.25, -0.2) is 0 Å². The third-order valence-electron chi connectivity index (χ3n) is 1.25. The minimum absolute atomic E-state index is 0. The quantitative estimate of drug-likeness (QED) is 0.490. The molecule has 18 heavy (non-hydrogen) atoms. The van der Waals surface area contributed by atoms with E-state index in [1.807, 2.05) is 0 Å². The zero-order valence-electron chi connectivity index (χ0n) is 10.8. The Kier molecular flexibility index (Phi) is 35.7. The van der Waals surface area contributed by atoms with Gasteiger partial charge in [0, 0.05) is 24.8 Å². The molecule has 12 heteroatoms. The fourth-order valence-electron chi connectivity index (χ4n) is 0.684. The molecular formula is C6H7Na4O8+. The van der Waals surface area contributed by atoms with Gasteiger partial charge in [-0.2, -0.15) is 0 Å². The monoisotopic (exact) mass is 299 g/mol. The number of aliphatic carboxylic acids is 3. The number of carbonyl (C=O) groups excluding carboxylic acids is 3. The average molecular weight is 299 g/mol. The maximum atomic E-state index is 10.1. The molecule has 8 nitrogen and oxygen atoms in total. The van der Waals surface area contributed by atoms with Crippen LogP contribution in [0.2, 0.25) is 0 Å². The normalized spacial score (nSPS) is 7.83. The number of hydrogen-bond donors (Lipinski definition) is 1. The summed E-state index contributed by atoms with van der Waals surface area (Å²) in [6.45, 7) is 0. The van der Waals surface area contributed by atoms with E-state index in [4.69, 9.17) is 5.11 Å². The molecule has 0 bridgehead atoms.